The SMILES string of the molecule is COc1cc(C(=O)c2cncn2C)ccc1SC(F)(F)F. The zero-order valence-corrected chi connectivity index (χ0v) is 12.0. The van der Waals surface area contributed by atoms with Gasteiger partial charge in [0.1, 0.15) is 11.4 Å². The molecule has 1 aromatic heterocycles. The van der Waals surface area contributed by atoms with Crippen LogP contribution in [-0.2, 0) is 7.05 Å². The Labute approximate surface area is 122 Å². The van der Waals surface area contributed by atoms with Crippen LogP contribution in [0.4, 0.5) is 13.2 Å². The number of alkyl halides is 3. The number of imidazole rings is 1. The number of methoxy groups -OCH3 is 1. The summed E-state index contributed by atoms with van der Waals surface area (Å²) in [6, 6.07) is 3.86. The van der Waals surface area contributed by atoms with Gasteiger partial charge in [-0.05, 0) is 30.0 Å². The topological polar surface area (TPSA) is 44.1 Å². The van der Waals surface area contributed by atoms with Crippen LogP contribution in [0.3, 0.4) is 0 Å². The molecule has 0 aliphatic heterocycles. The number of carbonyl (C=O) groups is 1. The van der Waals surface area contributed by atoms with Gasteiger partial charge in [-0.25, -0.2) is 4.98 Å². The van der Waals surface area contributed by atoms with Crippen LogP contribution in [0.2, 0.25) is 0 Å². The number of rotatable bonds is 4. The molecule has 112 valence electrons. The standard InChI is InChI=1S/C13H11F3N2O2S/c1-18-7-17-6-9(18)12(19)8-3-4-11(10(5-8)20-2)21-13(14,15)16/h3-7H,1-2H3. The Bertz CT molecular complexity index is 668. The van der Waals surface area contributed by atoms with E-state index in [1.165, 1.54) is 42.4 Å². The van der Waals surface area contributed by atoms with E-state index in [2.05, 4.69) is 4.98 Å². The van der Waals surface area contributed by atoms with Crippen LogP contribution < -0.4 is 4.74 Å². The maximum atomic E-state index is 12.4. The van der Waals surface area contributed by atoms with Crippen LogP contribution in [0.25, 0.3) is 0 Å². The monoisotopic (exact) mass is 316 g/mol. The van der Waals surface area contributed by atoms with Crippen molar-refractivity contribution < 1.29 is 22.7 Å². The van der Waals surface area contributed by atoms with Gasteiger partial charge in [-0.15, -0.1) is 0 Å². The largest absolute Gasteiger partial charge is 0.496 e. The Morgan fingerprint density at radius 2 is 2.10 bits per heavy atom. The molecule has 0 spiro atoms. The van der Waals surface area contributed by atoms with Crippen molar-refractivity contribution in [3.05, 3.63) is 42.0 Å². The fourth-order valence-corrected chi connectivity index (χ4v) is 2.37. The number of benzene rings is 1. The summed E-state index contributed by atoms with van der Waals surface area (Å²) in [5.74, 6) is -0.331. The van der Waals surface area contributed by atoms with Gasteiger partial charge in [0.15, 0.2) is 0 Å². The Balaban J connectivity index is 2.35. The highest BCUT2D eigenvalue weighted by atomic mass is 32.2. The maximum Gasteiger partial charge on any atom is 0.446 e. The first-order valence-corrected chi connectivity index (χ1v) is 6.58. The van der Waals surface area contributed by atoms with E-state index in [1.807, 2.05) is 0 Å². The van der Waals surface area contributed by atoms with Gasteiger partial charge in [-0.2, -0.15) is 13.2 Å². The lowest BCUT2D eigenvalue weighted by Gasteiger charge is -2.11. The smallest absolute Gasteiger partial charge is 0.446 e. The Morgan fingerprint density at radius 3 is 2.62 bits per heavy atom. The van der Waals surface area contributed by atoms with E-state index in [0.29, 0.717) is 5.69 Å². The molecular formula is C13H11F3N2O2S. The fraction of sp³-hybridized carbons (Fsp3) is 0.231. The van der Waals surface area contributed by atoms with Gasteiger partial charge in [0.2, 0.25) is 5.78 Å². The zero-order valence-electron chi connectivity index (χ0n) is 11.1. The van der Waals surface area contributed by atoms with Crippen molar-refractivity contribution in [1.29, 1.82) is 0 Å². The summed E-state index contributed by atoms with van der Waals surface area (Å²) in [4.78, 5) is 16.0. The van der Waals surface area contributed by atoms with Crippen molar-refractivity contribution in [3.63, 3.8) is 0 Å². The average molecular weight is 316 g/mol. The first-order chi connectivity index (χ1) is 9.81. The Hall–Kier alpha value is -1.96. The van der Waals surface area contributed by atoms with E-state index in [-0.39, 0.29) is 33.8 Å². The van der Waals surface area contributed by atoms with Crippen LogP contribution in [0.5, 0.6) is 5.75 Å². The predicted octanol–water partition coefficient (Wildman–Crippen LogP) is 3.27. The molecule has 0 saturated heterocycles. The quantitative estimate of drug-likeness (QED) is 0.641. The number of halogens is 3. The number of aromatic nitrogens is 2. The molecule has 0 amide bonds. The molecule has 4 nitrogen and oxygen atoms in total. The molecule has 2 aromatic rings. The molecule has 8 heteroatoms. The van der Waals surface area contributed by atoms with Crippen molar-refractivity contribution in [3.8, 4) is 5.75 Å². The van der Waals surface area contributed by atoms with E-state index in [9.17, 15) is 18.0 Å². The van der Waals surface area contributed by atoms with E-state index in [4.69, 9.17) is 4.74 Å². The zero-order chi connectivity index (χ0) is 15.6. The number of nitrogens with zero attached hydrogens (tertiary/aromatic N) is 2. The maximum absolute atomic E-state index is 12.4. The molecule has 0 radical (unpaired) electrons. The summed E-state index contributed by atoms with van der Waals surface area (Å²) in [6.07, 6.45) is 2.87. The minimum atomic E-state index is -4.42. The van der Waals surface area contributed by atoms with Crippen molar-refractivity contribution >= 4 is 17.5 Å². The molecule has 0 N–H and O–H groups in total. The molecule has 21 heavy (non-hydrogen) atoms. The van der Waals surface area contributed by atoms with Crippen LogP contribution in [-0.4, -0.2) is 28.0 Å². The molecule has 0 unspecified atom stereocenters. The minimum absolute atomic E-state index is 0.00495. The van der Waals surface area contributed by atoms with E-state index < -0.39 is 5.51 Å². The second kappa shape index (κ2) is 5.80. The number of aryl methyl sites for hydroxylation is 1. The summed E-state index contributed by atoms with van der Waals surface area (Å²) < 4.78 is 43.7. The fourth-order valence-electron chi connectivity index (χ4n) is 1.74. The summed E-state index contributed by atoms with van der Waals surface area (Å²) in [5, 5.41) is 0. The lowest BCUT2D eigenvalue weighted by Crippen LogP contribution is -2.07. The molecule has 1 aromatic carbocycles. The van der Waals surface area contributed by atoms with Crippen molar-refractivity contribution in [2.45, 2.75) is 10.4 Å². The number of carbonyl (C=O) groups excluding carboxylic acids is 1. The third kappa shape index (κ3) is 3.57. The lowest BCUT2D eigenvalue weighted by molar-refractivity contribution is -0.0328. The average Bonchev–Trinajstić information content (AvgIpc) is 2.83. The highest BCUT2D eigenvalue weighted by molar-refractivity contribution is 8.00. The molecule has 0 fully saturated rings. The van der Waals surface area contributed by atoms with E-state index >= 15 is 0 Å². The van der Waals surface area contributed by atoms with Gasteiger partial charge < -0.3 is 9.30 Å². The Morgan fingerprint density at radius 1 is 1.38 bits per heavy atom. The third-order valence-corrected chi connectivity index (χ3v) is 3.49. The highest BCUT2D eigenvalue weighted by Gasteiger charge is 2.31. The second-order valence-corrected chi connectivity index (χ2v) is 5.24. The van der Waals surface area contributed by atoms with Crippen LogP contribution in [0.1, 0.15) is 16.1 Å². The first kappa shape index (κ1) is 15.4. The first-order valence-electron chi connectivity index (χ1n) is 5.76. The number of ether oxygens (including phenoxy) is 1. The van der Waals surface area contributed by atoms with E-state index in [0.717, 1.165) is 0 Å². The molecule has 1 heterocycles. The Kier molecular flexibility index (Phi) is 4.26. The minimum Gasteiger partial charge on any atom is -0.496 e. The summed E-state index contributed by atoms with van der Waals surface area (Å²) >= 11 is -0.281. The number of thioether (sulfide) groups is 1. The number of hydrogen-bond acceptors (Lipinski definition) is 4. The van der Waals surface area contributed by atoms with Gasteiger partial charge in [0.05, 0.1) is 24.5 Å². The molecule has 0 atom stereocenters. The lowest BCUT2D eigenvalue weighted by atomic mass is 10.1. The molecular weight excluding hydrogens is 305 g/mol. The van der Waals surface area contributed by atoms with Gasteiger partial charge in [0, 0.05) is 12.6 Å². The molecule has 0 aliphatic rings. The van der Waals surface area contributed by atoms with Gasteiger partial charge >= 0.3 is 5.51 Å². The number of hydrogen-bond donors (Lipinski definition) is 0. The van der Waals surface area contributed by atoms with Crippen LogP contribution in [0.15, 0.2) is 35.6 Å². The third-order valence-electron chi connectivity index (χ3n) is 2.70. The van der Waals surface area contributed by atoms with Crippen LogP contribution in [0, 0.1) is 0 Å². The molecule has 2 rings (SSSR count). The van der Waals surface area contributed by atoms with Crippen molar-refractivity contribution in [2.75, 3.05) is 7.11 Å². The molecule has 0 aliphatic carbocycles. The van der Waals surface area contributed by atoms with Crippen molar-refractivity contribution in [2.24, 2.45) is 7.05 Å². The summed E-state index contributed by atoms with van der Waals surface area (Å²) in [5.41, 5.74) is -3.84. The normalized spacial score (nSPS) is 11.5. The van der Waals surface area contributed by atoms with Crippen LogP contribution >= 0.6 is 11.8 Å². The highest BCUT2D eigenvalue weighted by Crippen LogP contribution is 2.41. The summed E-state index contributed by atoms with van der Waals surface area (Å²) in [6.45, 7) is 0. The summed E-state index contributed by atoms with van der Waals surface area (Å²) in [7, 11) is 2.92. The molecule has 0 bridgehead atoms. The van der Waals surface area contributed by atoms with Gasteiger partial charge in [0.25, 0.3) is 0 Å². The predicted molar refractivity (Wildman–Crippen MR) is 71.5 cm³/mol. The molecule has 0 saturated carbocycles. The second-order valence-electron chi connectivity index (χ2n) is 4.13. The van der Waals surface area contributed by atoms with Gasteiger partial charge in [-0.3, -0.25) is 4.79 Å². The van der Waals surface area contributed by atoms with Crippen molar-refractivity contribution in [1.82, 2.24) is 9.55 Å². The number of ketones is 1. The van der Waals surface area contributed by atoms with Gasteiger partial charge in [-0.1, -0.05) is 0 Å². The van der Waals surface area contributed by atoms with E-state index in [1.54, 1.807) is 7.05 Å².